The molecule has 0 atom stereocenters. The van der Waals surface area contributed by atoms with Gasteiger partial charge in [-0.15, -0.1) is 0 Å². The van der Waals surface area contributed by atoms with Crippen LogP contribution >= 0.6 is 11.5 Å². The molecule has 11 heavy (non-hydrogen) atoms. The minimum absolute atomic E-state index is 0. The zero-order valence-corrected chi connectivity index (χ0v) is 8.94. The first-order valence-electron chi connectivity index (χ1n) is 2.94. The molecule has 4 heteroatoms. The molecule has 0 radical (unpaired) electrons. The summed E-state index contributed by atoms with van der Waals surface area (Å²) >= 11 is 1.14. The summed E-state index contributed by atoms with van der Waals surface area (Å²) in [6.07, 6.45) is 0. The summed E-state index contributed by atoms with van der Waals surface area (Å²) in [5.74, 6) is 0. The number of benzene rings is 1. The Balaban J connectivity index is 0.000000605. The van der Waals surface area contributed by atoms with Gasteiger partial charge in [-0.25, -0.2) is 0 Å². The topological polar surface area (TPSA) is 32.9 Å². The average Bonchev–Trinajstić information content (AvgIpc) is 2.34. The predicted octanol–water partition coefficient (Wildman–Crippen LogP) is -1.29. The maximum Gasteiger partial charge on any atom is 1.00 e. The molecule has 2 aromatic rings. The van der Waals surface area contributed by atoms with Crippen molar-refractivity contribution in [3.63, 3.8) is 0 Å². The van der Waals surface area contributed by atoms with E-state index in [9.17, 15) is 4.79 Å². The molecule has 0 spiro atoms. The fraction of sp³-hybridized carbons (Fsp3) is 0. The van der Waals surface area contributed by atoms with Crippen molar-refractivity contribution >= 4 is 22.4 Å². The maximum atomic E-state index is 11.0. The van der Waals surface area contributed by atoms with Crippen molar-refractivity contribution in [2.75, 3.05) is 0 Å². The first-order chi connectivity index (χ1) is 4.88. The van der Waals surface area contributed by atoms with Crippen LogP contribution in [0.1, 0.15) is 1.43 Å². The third-order valence-electron chi connectivity index (χ3n) is 1.40. The normalized spacial score (nSPS) is 9.45. The van der Waals surface area contributed by atoms with Gasteiger partial charge in [-0.3, -0.25) is 4.79 Å². The van der Waals surface area contributed by atoms with Crippen LogP contribution in [0, 0.1) is 0 Å². The summed E-state index contributed by atoms with van der Waals surface area (Å²) < 4.78 is 3.02. The van der Waals surface area contributed by atoms with Crippen molar-refractivity contribution in [3.05, 3.63) is 33.8 Å². The number of H-pyrrole nitrogens is 1. The molecule has 0 aliphatic heterocycles. The number of hydrogen-bond donors (Lipinski definition) is 1. The van der Waals surface area contributed by atoms with E-state index in [0.717, 1.165) is 22.4 Å². The molecule has 0 fully saturated rings. The molecule has 0 aliphatic carbocycles. The molecular formula is C7H6NNaOS. The Bertz CT molecular complexity index is 411. The average molecular weight is 175 g/mol. The van der Waals surface area contributed by atoms with Crippen molar-refractivity contribution in [2.24, 2.45) is 0 Å². The van der Waals surface area contributed by atoms with Crippen molar-refractivity contribution in [2.45, 2.75) is 0 Å². The van der Waals surface area contributed by atoms with Gasteiger partial charge >= 0.3 is 29.6 Å². The number of hydrogen-bond acceptors (Lipinski definition) is 2. The molecular weight excluding hydrogens is 169 g/mol. The quantitative estimate of drug-likeness (QED) is 0.496. The molecule has 0 unspecified atom stereocenters. The number of nitrogens with one attached hydrogen (secondary N) is 1. The summed E-state index contributed by atoms with van der Waals surface area (Å²) in [4.78, 5) is 11.0. The SMILES string of the molecule is O=c1s[nH]c2ccccc12.[H-].[Na+]. The molecule has 52 valence electrons. The molecule has 0 saturated carbocycles. The van der Waals surface area contributed by atoms with Gasteiger partial charge in [0.05, 0.1) is 10.9 Å². The van der Waals surface area contributed by atoms with Gasteiger partial charge in [-0.1, -0.05) is 12.1 Å². The van der Waals surface area contributed by atoms with Gasteiger partial charge in [-0.2, -0.15) is 0 Å². The van der Waals surface area contributed by atoms with Crippen LogP contribution < -0.4 is 34.3 Å². The van der Waals surface area contributed by atoms with Crippen LogP contribution in [-0.4, -0.2) is 4.37 Å². The van der Waals surface area contributed by atoms with Crippen molar-refractivity contribution in [1.29, 1.82) is 0 Å². The molecule has 0 amide bonds. The third-order valence-corrected chi connectivity index (χ3v) is 2.13. The summed E-state index contributed by atoms with van der Waals surface area (Å²) in [6.45, 7) is 0. The van der Waals surface area contributed by atoms with Crippen LogP contribution in [0.5, 0.6) is 0 Å². The molecule has 1 aromatic carbocycles. The van der Waals surface area contributed by atoms with Gasteiger partial charge in [0.2, 0.25) is 0 Å². The van der Waals surface area contributed by atoms with E-state index in [2.05, 4.69) is 4.37 Å². The number of para-hydroxylation sites is 1. The first kappa shape index (κ1) is 9.00. The van der Waals surface area contributed by atoms with E-state index in [4.69, 9.17) is 0 Å². The molecule has 1 aromatic heterocycles. The van der Waals surface area contributed by atoms with Gasteiger partial charge in [-0.05, 0) is 23.7 Å². The molecule has 0 saturated heterocycles. The molecule has 1 N–H and O–H groups in total. The standard InChI is InChI=1S/C7H5NOS.Na.H/c9-7-5-3-1-2-4-6(5)8-10-7;;/h1-4,8H;;/q;+1;-1. The fourth-order valence-corrected chi connectivity index (χ4v) is 1.58. The van der Waals surface area contributed by atoms with Crippen molar-refractivity contribution in [1.82, 2.24) is 4.37 Å². The van der Waals surface area contributed by atoms with E-state index < -0.39 is 0 Å². The minimum atomic E-state index is 0. The fourth-order valence-electron chi connectivity index (χ4n) is 0.906. The minimum Gasteiger partial charge on any atom is -1.00 e. The second-order valence-corrected chi connectivity index (χ2v) is 2.82. The molecule has 0 aliphatic rings. The summed E-state index contributed by atoms with van der Waals surface area (Å²) in [5, 5.41) is 0.785. The van der Waals surface area contributed by atoms with Crippen LogP contribution in [0.15, 0.2) is 29.1 Å². The van der Waals surface area contributed by atoms with E-state index in [1.165, 1.54) is 0 Å². The zero-order valence-electron chi connectivity index (χ0n) is 7.13. The number of rotatable bonds is 0. The summed E-state index contributed by atoms with van der Waals surface area (Å²) in [5.41, 5.74) is 0.928. The smallest absolute Gasteiger partial charge is 1.00 e. The van der Waals surface area contributed by atoms with Crippen LogP contribution in [0.25, 0.3) is 10.9 Å². The Morgan fingerprint density at radius 2 is 2.09 bits per heavy atom. The van der Waals surface area contributed by atoms with Crippen LogP contribution in [0.3, 0.4) is 0 Å². The largest absolute Gasteiger partial charge is 1.00 e. The molecule has 2 nitrogen and oxygen atoms in total. The van der Waals surface area contributed by atoms with Crippen LogP contribution in [0.2, 0.25) is 0 Å². The van der Waals surface area contributed by atoms with E-state index in [-0.39, 0.29) is 35.7 Å². The number of aromatic nitrogens is 1. The van der Waals surface area contributed by atoms with Gasteiger partial charge < -0.3 is 5.80 Å². The summed E-state index contributed by atoms with van der Waals surface area (Å²) in [6, 6.07) is 7.49. The van der Waals surface area contributed by atoms with Gasteiger partial charge in [0.15, 0.2) is 0 Å². The Morgan fingerprint density at radius 1 is 1.36 bits per heavy atom. The van der Waals surface area contributed by atoms with E-state index in [0.29, 0.717) is 0 Å². The Labute approximate surface area is 91.2 Å². The van der Waals surface area contributed by atoms with E-state index in [1.54, 1.807) is 0 Å². The number of aromatic amines is 1. The van der Waals surface area contributed by atoms with E-state index >= 15 is 0 Å². The Morgan fingerprint density at radius 3 is 2.82 bits per heavy atom. The van der Waals surface area contributed by atoms with Crippen molar-refractivity contribution in [3.8, 4) is 0 Å². The zero-order chi connectivity index (χ0) is 6.97. The second kappa shape index (κ2) is 3.54. The third kappa shape index (κ3) is 1.56. The maximum absolute atomic E-state index is 11.0. The van der Waals surface area contributed by atoms with Crippen molar-refractivity contribution < 1.29 is 31.0 Å². The first-order valence-corrected chi connectivity index (χ1v) is 3.76. The van der Waals surface area contributed by atoms with Crippen LogP contribution in [0.4, 0.5) is 0 Å². The van der Waals surface area contributed by atoms with Gasteiger partial charge in [0, 0.05) is 0 Å². The molecule has 1 heterocycles. The Hall–Kier alpha value is -0.0900. The van der Waals surface area contributed by atoms with E-state index in [1.807, 2.05) is 24.3 Å². The molecule has 2 rings (SSSR count). The summed E-state index contributed by atoms with van der Waals surface area (Å²) in [7, 11) is 0. The second-order valence-electron chi connectivity index (χ2n) is 2.04. The number of fused-ring (bicyclic) bond motifs is 1. The van der Waals surface area contributed by atoms with Gasteiger partial charge in [0.25, 0.3) is 4.74 Å². The van der Waals surface area contributed by atoms with Crippen LogP contribution in [-0.2, 0) is 0 Å². The molecule has 0 bridgehead atoms. The predicted molar refractivity (Wildman–Crippen MR) is 43.6 cm³/mol. The Kier molecular flexibility index (Phi) is 2.90. The van der Waals surface area contributed by atoms with Gasteiger partial charge in [0.1, 0.15) is 0 Å². The monoisotopic (exact) mass is 175 g/mol.